The number of carbonyl (C=O) groups excluding carboxylic acids is 2. The number of imidazole rings is 1. The quantitative estimate of drug-likeness (QED) is 0.0758. The smallest absolute Gasteiger partial charge is 0.338 e. The van der Waals surface area contributed by atoms with Gasteiger partial charge in [0.2, 0.25) is 0 Å². The van der Waals surface area contributed by atoms with Crippen LogP contribution in [0.2, 0.25) is 0 Å². The van der Waals surface area contributed by atoms with E-state index in [1.807, 2.05) is 43.0 Å². The molecule has 0 bridgehead atoms. The van der Waals surface area contributed by atoms with Crippen molar-refractivity contribution in [1.82, 2.24) is 23.8 Å². The molecule has 0 spiro atoms. The van der Waals surface area contributed by atoms with E-state index in [-0.39, 0.29) is 11.7 Å². The largest absolute Gasteiger partial charge is 0.598 e. The summed E-state index contributed by atoms with van der Waals surface area (Å²) in [6.45, 7) is 11.2. The lowest BCUT2D eigenvalue weighted by molar-refractivity contribution is -0.154. The van der Waals surface area contributed by atoms with Crippen LogP contribution in [-0.2, 0) is 39.2 Å². The van der Waals surface area contributed by atoms with Crippen LogP contribution < -0.4 is 9.46 Å². The van der Waals surface area contributed by atoms with Gasteiger partial charge in [0.05, 0.1) is 36.7 Å². The number of nitrogens with zero attached hydrogens (tertiary/aromatic N) is 4. The highest BCUT2D eigenvalue weighted by atomic mass is 32.2. The third-order valence-electron chi connectivity index (χ3n) is 8.11. The third-order valence-corrected chi connectivity index (χ3v) is 9.69. The number of carbonyl (C=O) groups is 2. The fraction of sp³-hybridized carbons (Fsp3) is 0.556. The standard InChI is InChI=1S/C36H49F2N5O6S/c1-35(2,3)49-28(44)15-13-11-10-12-14-18-43-26(33-40-25-19-23(34(45)48-9)21-27(47-8)30(25)42(33)7)20-22-16-17-24(39-32(22)43)29(31(37)38)41-50(46)36(4,5)6/h16-17,19-21,29,31,41H,10-15,18H2,1-9H3. The molecule has 14 heteroatoms. The van der Waals surface area contributed by atoms with Crippen molar-refractivity contribution in [3.63, 3.8) is 0 Å². The molecule has 0 radical (unpaired) electrons. The zero-order chi connectivity index (χ0) is 37.0. The molecule has 4 aromatic rings. The van der Waals surface area contributed by atoms with E-state index in [0.29, 0.717) is 52.5 Å². The number of rotatable bonds is 15. The molecule has 0 saturated carbocycles. The molecule has 4 rings (SSSR count). The first-order valence-electron chi connectivity index (χ1n) is 16.8. The summed E-state index contributed by atoms with van der Waals surface area (Å²) in [5.74, 6) is 0.276. The summed E-state index contributed by atoms with van der Waals surface area (Å²) >= 11 is -1.76. The maximum Gasteiger partial charge on any atom is 0.338 e. The first-order chi connectivity index (χ1) is 23.4. The van der Waals surface area contributed by atoms with Crippen LogP contribution in [0.15, 0.2) is 30.3 Å². The molecule has 1 aromatic carbocycles. The number of nitrogens with one attached hydrogen (secondary N) is 1. The predicted molar refractivity (Wildman–Crippen MR) is 191 cm³/mol. The molecule has 0 aliphatic heterocycles. The second-order valence-corrected chi connectivity index (χ2v) is 16.3. The van der Waals surface area contributed by atoms with Crippen LogP contribution in [0.25, 0.3) is 33.6 Å². The number of alkyl halides is 2. The minimum absolute atomic E-state index is 0.0764. The summed E-state index contributed by atoms with van der Waals surface area (Å²) in [5.41, 5.74) is 2.23. The summed E-state index contributed by atoms with van der Waals surface area (Å²) in [7, 11) is 4.66. The molecule has 3 aromatic heterocycles. The van der Waals surface area contributed by atoms with E-state index in [9.17, 15) is 22.9 Å². The van der Waals surface area contributed by atoms with Crippen molar-refractivity contribution in [2.45, 2.75) is 109 Å². The van der Waals surface area contributed by atoms with Gasteiger partial charge in [0.25, 0.3) is 6.43 Å². The first-order valence-corrected chi connectivity index (χ1v) is 17.9. The van der Waals surface area contributed by atoms with Gasteiger partial charge in [-0.1, -0.05) is 19.3 Å². The number of ether oxygens (including phenoxy) is 3. The summed E-state index contributed by atoms with van der Waals surface area (Å²) < 4.78 is 63.3. The molecule has 0 saturated heterocycles. The van der Waals surface area contributed by atoms with Crippen molar-refractivity contribution in [2.24, 2.45) is 7.05 Å². The van der Waals surface area contributed by atoms with Crippen molar-refractivity contribution < 1.29 is 37.1 Å². The van der Waals surface area contributed by atoms with Gasteiger partial charge in [0, 0.05) is 36.8 Å². The number of hydrogen-bond acceptors (Lipinski definition) is 9. The molecule has 0 aliphatic carbocycles. The van der Waals surface area contributed by atoms with Crippen molar-refractivity contribution in [3.05, 3.63) is 41.6 Å². The van der Waals surface area contributed by atoms with Crippen LogP contribution in [0.3, 0.4) is 0 Å². The number of unbranched alkanes of at least 4 members (excludes halogenated alkanes) is 4. The lowest BCUT2D eigenvalue weighted by atomic mass is 10.1. The Labute approximate surface area is 295 Å². The summed E-state index contributed by atoms with van der Waals surface area (Å²) in [4.78, 5) is 34.1. The average Bonchev–Trinajstić information content (AvgIpc) is 3.56. The summed E-state index contributed by atoms with van der Waals surface area (Å²) in [5, 5.41) is 0.723. The zero-order valence-corrected chi connectivity index (χ0v) is 31.2. The van der Waals surface area contributed by atoms with Gasteiger partial charge >= 0.3 is 11.9 Å². The number of pyridine rings is 1. The summed E-state index contributed by atoms with van der Waals surface area (Å²) in [6, 6.07) is 6.88. The van der Waals surface area contributed by atoms with Crippen molar-refractivity contribution in [3.8, 4) is 17.3 Å². The van der Waals surface area contributed by atoms with Crippen LogP contribution in [-0.4, -0.2) is 66.6 Å². The number of aromatic nitrogens is 4. The number of aryl methyl sites for hydroxylation is 2. The summed E-state index contributed by atoms with van der Waals surface area (Å²) in [6.07, 6.45) is 1.60. The molecule has 2 unspecified atom stereocenters. The van der Waals surface area contributed by atoms with Crippen molar-refractivity contribution in [1.29, 1.82) is 0 Å². The Kier molecular flexibility index (Phi) is 12.5. The van der Waals surface area contributed by atoms with Gasteiger partial charge in [-0.05, 0) is 84.7 Å². The number of methoxy groups -OCH3 is 2. The maximum atomic E-state index is 14.4. The van der Waals surface area contributed by atoms with E-state index < -0.39 is 40.1 Å². The predicted octanol–water partition coefficient (Wildman–Crippen LogP) is 7.43. The molecule has 0 amide bonds. The average molecular weight is 718 g/mol. The number of benzene rings is 1. The topological polar surface area (TPSA) is 133 Å². The lowest BCUT2D eigenvalue weighted by Gasteiger charge is -2.27. The number of fused-ring (bicyclic) bond motifs is 2. The highest BCUT2D eigenvalue weighted by molar-refractivity contribution is 7.90. The van der Waals surface area contributed by atoms with E-state index in [0.717, 1.165) is 37.5 Å². The van der Waals surface area contributed by atoms with E-state index in [1.54, 1.807) is 39.0 Å². The zero-order valence-electron chi connectivity index (χ0n) is 30.4. The van der Waals surface area contributed by atoms with Crippen molar-refractivity contribution in [2.75, 3.05) is 14.2 Å². The lowest BCUT2D eigenvalue weighted by Crippen LogP contribution is -2.43. The van der Waals surface area contributed by atoms with Crippen LogP contribution in [0.1, 0.15) is 102 Å². The molecule has 3 heterocycles. The molecule has 11 nitrogen and oxygen atoms in total. The van der Waals surface area contributed by atoms with Crippen molar-refractivity contribution >= 4 is 45.4 Å². The van der Waals surface area contributed by atoms with Gasteiger partial charge in [-0.15, -0.1) is 4.72 Å². The monoisotopic (exact) mass is 717 g/mol. The number of halogens is 2. The fourth-order valence-corrected chi connectivity index (χ4v) is 6.46. The minimum Gasteiger partial charge on any atom is -0.598 e. The molecular formula is C36H49F2N5O6S. The Hall–Kier alpha value is -3.75. The SMILES string of the molecule is COC(=O)c1cc(OC)c2c(c1)nc(-c1cc3ccc(C(N[S+]([O-])C(C)(C)C)C(F)F)nc3n1CCCCCCCC(=O)OC(C)(C)C)n2C. The van der Waals surface area contributed by atoms with Gasteiger partial charge in [0.1, 0.15) is 27.3 Å². The molecule has 1 N–H and O–H groups in total. The van der Waals surface area contributed by atoms with E-state index in [1.165, 1.54) is 20.3 Å². The Morgan fingerprint density at radius 2 is 1.66 bits per heavy atom. The van der Waals surface area contributed by atoms with Crippen LogP contribution in [0, 0.1) is 0 Å². The van der Waals surface area contributed by atoms with Crippen LogP contribution >= 0.6 is 0 Å². The normalized spacial score (nSPS) is 13.6. The molecule has 2 atom stereocenters. The Balaban J connectivity index is 1.70. The van der Waals surface area contributed by atoms with Gasteiger partial charge in [-0.25, -0.2) is 23.5 Å². The molecule has 0 fully saturated rings. The molecule has 0 aliphatic rings. The number of esters is 2. The molecular weight excluding hydrogens is 668 g/mol. The van der Waals surface area contributed by atoms with E-state index in [4.69, 9.17) is 24.2 Å². The highest BCUT2D eigenvalue weighted by Crippen LogP contribution is 2.35. The van der Waals surface area contributed by atoms with Gasteiger partial charge in [-0.3, -0.25) is 4.79 Å². The Bertz CT molecular complexity index is 1810. The Morgan fingerprint density at radius 3 is 2.28 bits per heavy atom. The Morgan fingerprint density at radius 1 is 0.980 bits per heavy atom. The van der Waals surface area contributed by atoms with Gasteiger partial charge in [0.15, 0.2) is 11.9 Å². The molecule has 274 valence electrons. The molecule has 50 heavy (non-hydrogen) atoms. The van der Waals surface area contributed by atoms with E-state index in [2.05, 4.69) is 4.72 Å². The maximum absolute atomic E-state index is 14.4. The second-order valence-electron chi connectivity index (χ2n) is 14.3. The second kappa shape index (κ2) is 16.1. The fourth-order valence-electron chi connectivity index (χ4n) is 5.65. The van der Waals surface area contributed by atoms with Gasteiger partial charge in [-0.2, -0.15) is 0 Å². The minimum atomic E-state index is -2.86. The van der Waals surface area contributed by atoms with E-state index >= 15 is 0 Å². The first kappa shape index (κ1) is 39.0. The van der Waals surface area contributed by atoms with Crippen LogP contribution in [0.4, 0.5) is 8.78 Å². The van der Waals surface area contributed by atoms with Crippen LogP contribution in [0.5, 0.6) is 5.75 Å². The highest BCUT2D eigenvalue weighted by Gasteiger charge is 2.35. The number of hydrogen-bond donors (Lipinski definition) is 1. The van der Waals surface area contributed by atoms with Gasteiger partial charge < -0.3 is 27.9 Å². The third kappa shape index (κ3) is 9.32.